The summed E-state index contributed by atoms with van der Waals surface area (Å²) in [6.07, 6.45) is 3.37. The van der Waals surface area contributed by atoms with E-state index in [1.165, 1.54) is 18.3 Å². The molecule has 2 heterocycles. The number of rotatable bonds is 4. The molecule has 0 spiro atoms. The minimum atomic E-state index is -0.608. The van der Waals surface area contributed by atoms with E-state index in [-0.39, 0.29) is 5.82 Å². The van der Waals surface area contributed by atoms with Crippen LogP contribution in [0, 0.1) is 5.82 Å². The first-order valence-corrected chi connectivity index (χ1v) is 9.71. The number of hydrogen-bond acceptors (Lipinski definition) is 3. The average Bonchev–Trinajstić information content (AvgIpc) is 3.11. The number of benzene rings is 3. The van der Waals surface area contributed by atoms with E-state index >= 15 is 0 Å². The molecule has 7 heteroatoms. The van der Waals surface area contributed by atoms with Gasteiger partial charge in [0, 0.05) is 29.2 Å². The van der Waals surface area contributed by atoms with Crippen LogP contribution in [0.5, 0.6) is 0 Å². The highest BCUT2D eigenvalue weighted by Crippen LogP contribution is 2.21. The number of aromatic amines is 1. The van der Waals surface area contributed by atoms with Gasteiger partial charge in [-0.2, -0.15) is 5.10 Å². The van der Waals surface area contributed by atoms with E-state index in [1.54, 1.807) is 30.3 Å². The summed E-state index contributed by atoms with van der Waals surface area (Å²) in [5, 5.41) is 5.46. The summed E-state index contributed by atoms with van der Waals surface area (Å²) in [6.45, 7) is 0.475. The second-order valence-corrected chi connectivity index (χ2v) is 7.20. The van der Waals surface area contributed by atoms with Gasteiger partial charge in [-0.3, -0.25) is 4.79 Å². The molecule has 0 aliphatic heterocycles. The van der Waals surface area contributed by atoms with Crippen LogP contribution in [0.25, 0.3) is 21.8 Å². The minimum absolute atomic E-state index is 0.286. The standard InChI is InChI=1S/C24H17FN4O2/c25-18-7-5-6-16(12-18)14-28-15-17(19-8-2-4-11-22(19)28)13-26-29-23(30)20-9-1-3-10-21(20)27-24(29)31/h1-13,15H,14H2,(H,27,31). The van der Waals surface area contributed by atoms with Gasteiger partial charge in [-0.25, -0.2) is 9.18 Å². The van der Waals surface area contributed by atoms with E-state index in [1.807, 2.05) is 41.1 Å². The van der Waals surface area contributed by atoms with Crippen LogP contribution in [0.2, 0.25) is 0 Å². The highest BCUT2D eigenvalue weighted by molar-refractivity contribution is 5.99. The number of para-hydroxylation sites is 2. The molecule has 0 aliphatic carbocycles. The fourth-order valence-corrected chi connectivity index (χ4v) is 3.72. The highest BCUT2D eigenvalue weighted by Gasteiger charge is 2.09. The number of H-pyrrole nitrogens is 1. The third-order valence-electron chi connectivity index (χ3n) is 5.16. The molecule has 31 heavy (non-hydrogen) atoms. The van der Waals surface area contributed by atoms with Crippen molar-refractivity contribution in [1.82, 2.24) is 14.2 Å². The Kier molecular flexibility index (Phi) is 4.55. The second-order valence-electron chi connectivity index (χ2n) is 7.20. The van der Waals surface area contributed by atoms with Crippen molar-refractivity contribution in [1.29, 1.82) is 0 Å². The summed E-state index contributed by atoms with van der Waals surface area (Å²) >= 11 is 0. The van der Waals surface area contributed by atoms with Crippen molar-refractivity contribution in [3.63, 3.8) is 0 Å². The molecule has 2 aromatic heterocycles. The van der Waals surface area contributed by atoms with Gasteiger partial charge in [0.25, 0.3) is 5.56 Å². The molecule has 0 radical (unpaired) electrons. The maximum atomic E-state index is 13.6. The summed E-state index contributed by atoms with van der Waals surface area (Å²) in [5.41, 5.74) is 1.88. The predicted octanol–water partition coefficient (Wildman–Crippen LogP) is 3.71. The Bertz CT molecular complexity index is 1580. The van der Waals surface area contributed by atoms with Crippen molar-refractivity contribution >= 4 is 28.0 Å². The normalized spacial score (nSPS) is 11.6. The van der Waals surface area contributed by atoms with E-state index in [4.69, 9.17) is 0 Å². The van der Waals surface area contributed by atoms with Crippen LogP contribution in [-0.2, 0) is 6.54 Å². The largest absolute Gasteiger partial charge is 0.349 e. The van der Waals surface area contributed by atoms with Gasteiger partial charge in [0.05, 0.1) is 17.1 Å². The fourth-order valence-electron chi connectivity index (χ4n) is 3.72. The fraction of sp³-hybridized carbons (Fsp3) is 0.0417. The van der Waals surface area contributed by atoms with E-state index in [9.17, 15) is 14.0 Å². The lowest BCUT2D eigenvalue weighted by atomic mass is 10.2. The van der Waals surface area contributed by atoms with Gasteiger partial charge in [-0.15, -0.1) is 4.68 Å². The smallest absolute Gasteiger partial charge is 0.342 e. The van der Waals surface area contributed by atoms with Crippen molar-refractivity contribution in [2.75, 3.05) is 0 Å². The zero-order valence-corrected chi connectivity index (χ0v) is 16.3. The first-order valence-electron chi connectivity index (χ1n) is 9.71. The molecule has 0 aliphatic rings. The molecule has 0 atom stereocenters. The number of fused-ring (bicyclic) bond motifs is 2. The van der Waals surface area contributed by atoms with Gasteiger partial charge >= 0.3 is 5.69 Å². The Morgan fingerprint density at radius 2 is 1.71 bits per heavy atom. The van der Waals surface area contributed by atoms with Crippen LogP contribution in [0.4, 0.5) is 4.39 Å². The molecule has 0 saturated heterocycles. The van der Waals surface area contributed by atoms with E-state index < -0.39 is 11.2 Å². The van der Waals surface area contributed by atoms with Gasteiger partial charge in [0.2, 0.25) is 0 Å². The van der Waals surface area contributed by atoms with Crippen molar-refractivity contribution in [2.45, 2.75) is 6.54 Å². The lowest BCUT2D eigenvalue weighted by molar-refractivity contribution is 0.624. The summed E-state index contributed by atoms with van der Waals surface area (Å²) in [4.78, 5) is 27.7. The minimum Gasteiger partial charge on any atom is -0.342 e. The maximum Gasteiger partial charge on any atom is 0.349 e. The second kappa shape index (κ2) is 7.53. The summed E-state index contributed by atoms with van der Waals surface area (Å²) < 4.78 is 16.4. The molecule has 0 unspecified atom stereocenters. The van der Waals surface area contributed by atoms with Crippen LogP contribution < -0.4 is 11.2 Å². The SMILES string of the molecule is O=c1[nH]c2ccccc2c(=O)n1N=Cc1cn(Cc2cccc(F)c2)c2ccccc12. The molecule has 1 N–H and O–H groups in total. The van der Waals surface area contributed by atoms with Gasteiger partial charge in [0.15, 0.2) is 0 Å². The van der Waals surface area contributed by atoms with Crippen LogP contribution in [0.3, 0.4) is 0 Å². The Hall–Kier alpha value is -4.26. The van der Waals surface area contributed by atoms with Crippen LogP contribution in [0.15, 0.2) is 93.7 Å². The number of halogens is 1. The van der Waals surface area contributed by atoms with Crippen molar-refractivity contribution in [3.05, 3.63) is 117 Å². The first kappa shape index (κ1) is 18.7. The molecule has 0 bridgehead atoms. The molecule has 6 nitrogen and oxygen atoms in total. The zero-order valence-electron chi connectivity index (χ0n) is 16.3. The lowest BCUT2D eigenvalue weighted by Gasteiger charge is -2.05. The number of nitrogens with zero attached hydrogens (tertiary/aromatic N) is 3. The summed E-state index contributed by atoms with van der Waals surface area (Å²) in [7, 11) is 0. The maximum absolute atomic E-state index is 13.6. The molecule has 5 rings (SSSR count). The number of aromatic nitrogens is 3. The molecule has 5 aromatic rings. The topological polar surface area (TPSA) is 72.2 Å². The van der Waals surface area contributed by atoms with Crippen LogP contribution in [0.1, 0.15) is 11.1 Å². The van der Waals surface area contributed by atoms with Crippen LogP contribution in [-0.4, -0.2) is 20.4 Å². The average molecular weight is 412 g/mol. The zero-order chi connectivity index (χ0) is 21.4. The lowest BCUT2D eigenvalue weighted by Crippen LogP contribution is -2.32. The number of hydrogen-bond donors (Lipinski definition) is 1. The van der Waals surface area contributed by atoms with Crippen LogP contribution >= 0.6 is 0 Å². The summed E-state index contributed by atoms with van der Waals surface area (Å²) in [5.74, 6) is -0.286. The highest BCUT2D eigenvalue weighted by atomic mass is 19.1. The van der Waals surface area contributed by atoms with Gasteiger partial charge in [-0.1, -0.05) is 42.5 Å². The molecular weight excluding hydrogens is 395 g/mol. The van der Waals surface area contributed by atoms with Gasteiger partial charge in [-0.05, 0) is 35.9 Å². The van der Waals surface area contributed by atoms with Gasteiger partial charge in [0.1, 0.15) is 5.82 Å². The predicted molar refractivity (Wildman–Crippen MR) is 119 cm³/mol. The third-order valence-corrected chi connectivity index (χ3v) is 5.16. The van der Waals surface area contributed by atoms with Crippen molar-refractivity contribution in [2.24, 2.45) is 5.10 Å². The molecule has 152 valence electrons. The summed E-state index contributed by atoms with van der Waals surface area (Å²) in [6, 6.07) is 21.0. The van der Waals surface area contributed by atoms with E-state index in [2.05, 4.69) is 10.1 Å². The Balaban J connectivity index is 1.59. The van der Waals surface area contributed by atoms with Crippen molar-refractivity contribution in [3.8, 4) is 0 Å². The molecule has 0 fully saturated rings. The third kappa shape index (κ3) is 3.46. The monoisotopic (exact) mass is 412 g/mol. The molecular formula is C24H17FN4O2. The molecule has 3 aromatic carbocycles. The first-order chi connectivity index (χ1) is 15.1. The Morgan fingerprint density at radius 3 is 2.55 bits per heavy atom. The van der Waals surface area contributed by atoms with Gasteiger partial charge < -0.3 is 9.55 Å². The van der Waals surface area contributed by atoms with E-state index in [0.29, 0.717) is 17.4 Å². The quantitative estimate of drug-likeness (QED) is 0.457. The Labute approximate surface area is 175 Å². The van der Waals surface area contributed by atoms with E-state index in [0.717, 1.165) is 26.7 Å². The Morgan fingerprint density at radius 1 is 0.935 bits per heavy atom. The molecule has 0 amide bonds. The van der Waals surface area contributed by atoms with Crippen molar-refractivity contribution < 1.29 is 4.39 Å². The number of nitrogens with one attached hydrogen (secondary N) is 1. The molecule has 0 saturated carbocycles.